The summed E-state index contributed by atoms with van der Waals surface area (Å²) >= 11 is 0. The summed E-state index contributed by atoms with van der Waals surface area (Å²) in [7, 11) is 5.57. The van der Waals surface area contributed by atoms with Gasteiger partial charge in [-0.05, 0) is 43.9 Å². The van der Waals surface area contributed by atoms with Crippen molar-refractivity contribution in [3.05, 3.63) is 80.4 Å². The third kappa shape index (κ3) is 4.20. The molecule has 1 heterocycles. The van der Waals surface area contributed by atoms with Crippen molar-refractivity contribution >= 4 is 11.4 Å². The topological polar surface area (TPSA) is 83.6 Å². The van der Waals surface area contributed by atoms with E-state index in [4.69, 9.17) is 4.74 Å². The van der Waals surface area contributed by atoms with Gasteiger partial charge in [0.05, 0.1) is 25.4 Å². The Balaban J connectivity index is 1.69. The summed E-state index contributed by atoms with van der Waals surface area (Å²) in [4.78, 5) is 30.3. The maximum Gasteiger partial charge on any atom is 0.253 e. The largest absolute Gasteiger partial charge is 0.497 e. The maximum absolute atomic E-state index is 12.0. The zero-order chi connectivity index (χ0) is 20.1. The van der Waals surface area contributed by atoms with Gasteiger partial charge in [0.1, 0.15) is 17.1 Å². The summed E-state index contributed by atoms with van der Waals surface area (Å²) in [6.45, 7) is 0.873. The molecule has 7 heteroatoms. The van der Waals surface area contributed by atoms with Gasteiger partial charge in [-0.3, -0.25) is 14.6 Å². The zero-order valence-corrected chi connectivity index (χ0v) is 16.2. The Hall–Kier alpha value is -3.19. The van der Waals surface area contributed by atoms with E-state index in [0.717, 1.165) is 17.0 Å². The van der Waals surface area contributed by atoms with Crippen LogP contribution in [-0.2, 0) is 6.54 Å². The number of nitrogens with one attached hydrogen (secondary N) is 2. The number of hydrogen-bond donors (Lipinski definition) is 2. The van der Waals surface area contributed by atoms with Crippen molar-refractivity contribution in [1.82, 2.24) is 9.88 Å². The molecule has 7 nitrogen and oxygen atoms in total. The Morgan fingerprint density at radius 2 is 1.68 bits per heavy atom. The van der Waals surface area contributed by atoms with E-state index in [1.165, 1.54) is 0 Å². The number of nitrogens with zero attached hydrogens (tertiary/aromatic N) is 2. The molecule has 2 aromatic carbocycles. The molecule has 0 amide bonds. The van der Waals surface area contributed by atoms with Crippen LogP contribution in [0.4, 0.5) is 11.4 Å². The molecule has 0 aliphatic rings. The summed E-state index contributed by atoms with van der Waals surface area (Å²) in [6, 6.07) is 13.4. The first-order chi connectivity index (χ1) is 13.5. The first kappa shape index (κ1) is 19.6. The van der Waals surface area contributed by atoms with E-state index in [1.54, 1.807) is 13.3 Å². The molecule has 3 aromatic rings. The van der Waals surface area contributed by atoms with Crippen LogP contribution in [0.5, 0.6) is 5.75 Å². The molecule has 0 bridgehead atoms. The Bertz CT molecular complexity index is 977. The maximum atomic E-state index is 12.0. The molecule has 0 aliphatic heterocycles. The minimum absolute atomic E-state index is 0.0268. The molecule has 0 saturated carbocycles. The Morgan fingerprint density at radius 1 is 1.00 bits per heavy atom. The second-order valence-corrected chi connectivity index (χ2v) is 6.72. The zero-order valence-electron chi connectivity index (χ0n) is 16.2. The fraction of sp³-hybridized carbons (Fsp3) is 0.286. The minimum atomic E-state index is -0.496. The summed E-state index contributed by atoms with van der Waals surface area (Å²) in [6.07, 6.45) is 1.69. The highest BCUT2D eigenvalue weighted by atomic mass is 16.5. The monoisotopic (exact) mass is 380 g/mol. The third-order valence-corrected chi connectivity index (χ3v) is 4.68. The van der Waals surface area contributed by atoms with Gasteiger partial charge in [-0.15, -0.1) is 0 Å². The molecule has 146 valence electrons. The number of likely N-dealkylation sites (N-methyl/N-ethyl adjacent to an activating group) is 1. The SMILES string of the molecule is COc1ccc(C(CNc2c(NCc3ccccn3)c(=O)c2=O)N(C)C)cc1. The number of ether oxygens (including phenoxy) is 1. The summed E-state index contributed by atoms with van der Waals surface area (Å²) in [5, 5.41) is 6.18. The normalized spacial score (nSPS) is 12.1. The second kappa shape index (κ2) is 8.67. The molecule has 0 radical (unpaired) electrons. The van der Waals surface area contributed by atoms with Crippen molar-refractivity contribution in [2.24, 2.45) is 0 Å². The van der Waals surface area contributed by atoms with Crippen LogP contribution >= 0.6 is 0 Å². The number of aromatic nitrogens is 1. The van der Waals surface area contributed by atoms with Gasteiger partial charge >= 0.3 is 0 Å². The number of pyridine rings is 1. The van der Waals surface area contributed by atoms with Crippen LogP contribution in [0.1, 0.15) is 17.3 Å². The molecule has 1 aromatic heterocycles. The Labute approximate surface area is 163 Å². The van der Waals surface area contributed by atoms with E-state index in [-0.39, 0.29) is 6.04 Å². The van der Waals surface area contributed by atoms with Crippen molar-refractivity contribution in [1.29, 1.82) is 0 Å². The molecular weight excluding hydrogens is 356 g/mol. The van der Waals surface area contributed by atoms with Gasteiger partial charge in [0, 0.05) is 12.7 Å². The number of rotatable bonds is 9. The van der Waals surface area contributed by atoms with E-state index in [1.807, 2.05) is 56.6 Å². The van der Waals surface area contributed by atoms with Crippen LogP contribution < -0.4 is 26.2 Å². The molecule has 1 atom stereocenters. The highest BCUT2D eigenvalue weighted by Crippen LogP contribution is 2.23. The van der Waals surface area contributed by atoms with Crippen molar-refractivity contribution < 1.29 is 4.74 Å². The van der Waals surface area contributed by atoms with Gasteiger partial charge in [0.25, 0.3) is 10.9 Å². The smallest absolute Gasteiger partial charge is 0.253 e. The number of hydrogen-bond acceptors (Lipinski definition) is 7. The van der Waals surface area contributed by atoms with E-state index in [9.17, 15) is 9.59 Å². The van der Waals surface area contributed by atoms with Gasteiger partial charge in [0.15, 0.2) is 0 Å². The number of benzene rings is 1. The van der Waals surface area contributed by atoms with Crippen LogP contribution in [-0.4, -0.2) is 37.6 Å². The first-order valence-electron chi connectivity index (χ1n) is 9.02. The Morgan fingerprint density at radius 3 is 2.25 bits per heavy atom. The molecule has 2 N–H and O–H groups in total. The fourth-order valence-corrected chi connectivity index (χ4v) is 3.03. The third-order valence-electron chi connectivity index (χ3n) is 4.68. The summed E-state index contributed by atoms with van der Waals surface area (Å²) in [5.41, 5.74) is 1.55. The standard InChI is InChI=1S/C21H24N4O3/c1-25(2)17(14-7-9-16(28-3)10-8-14)13-24-19-18(20(26)21(19)27)23-12-15-6-4-5-11-22-15/h4-11,17,23-24H,12-13H2,1-3H3. The van der Waals surface area contributed by atoms with Crippen molar-refractivity contribution in [2.45, 2.75) is 12.6 Å². The van der Waals surface area contributed by atoms with Crippen molar-refractivity contribution in [3.8, 4) is 5.75 Å². The van der Waals surface area contributed by atoms with Gasteiger partial charge in [0.2, 0.25) is 0 Å². The van der Waals surface area contributed by atoms with Crippen LogP contribution in [0, 0.1) is 0 Å². The molecule has 0 saturated heterocycles. The van der Waals surface area contributed by atoms with Gasteiger partial charge in [-0.25, -0.2) is 0 Å². The second-order valence-electron chi connectivity index (χ2n) is 6.72. The van der Waals surface area contributed by atoms with Gasteiger partial charge in [-0.2, -0.15) is 0 Å². The number of methoxy groups -OCH3 is 1. The quantitative estimate of drug-likeness (QED) is 0.550. The van der Waals surface area contributed by atoms with E-state index in [2.05, 4.69) is 20.5 Å². The molecule has 0 spiro atoms. The minimum Gasteiger partial charge on any atom is -0.497 e. The Kier molecular flexibility index (Phi) is 6.06. The van der Waals surface area contributed by atoms with E-state index >= 15 is 0 Å². The average molecular weight is 380 g/mol. The van der Waals surface area contributed by atoms with Crippen molar-refractivity contribution in [2.75, 3.05) is 38.4 Å². The van der Waals surface area contributed by atoms with Gasteiger partial charge in [-0.1, -0.05) is 18.2 Å². The van der Waals surface area contributed by atoms with Crippen molar-refractivity contribution in [3.63, 3.8) is 0 Å². The molecule has 0 aliphatic carbocycles. The molecule has 28 heavy (non-hydrogen) atoms. The average Bonchev–Trinajstić information content (AvgIpc) is 2.73. The van der Waals surface area contributed by atoms with Crippen LogP contribution in [0.15, 0.2) is 58.3 Å². The lowest BCUT2D eigenvalue weighted by Crippen LogP contribution is -2.39. The van der Waals surface area contributed by atoms with Crippen LogP contribution in [0.3, 0.4) is 0 Å². The predicted octanol–water partition coefficient (Wildman–Crippen LogP) is 2.01. The summed E-state index contributed by atoms with van der Waals surface area (Å²) < 4.78 is 5.21. The highest BCUT2D eigenvalue weighted by molar-refractivity contribution is 5.74. The molecule has 0 fully saturated rings. The lowest BCUT2D eigenvalue weighted by molar-refractivity contribution is 0.311. The highest BCUT2D eigenvalue weighted by Gasteiger charge is 2.22. The van der Waals surface area contributed by atoms with Crippen LogP contribution in [0.2, 0.25) is 0 Å². The van der Waals surface area contributed by atoms with E-state index in [0.29, 0.717) is 24.5 Å². The summed E-state index contributed by atoms with van der Waals surface area (Å²) in [5.74, 6) is 0.790. The fourth-order valence-electron chi connectivity index (χ4n) is 3.03. The first-order valence-corrected chi connectivity index (χ1v) is 9.02. The van der Waals surface area contributed by atoms with Crippen LogP contribution in [0.25, 0.3) is 0 Å². The lowest BCUT2D eigenvalue weighted by Gasteiger charge is -2.26. The molecule has 3 rings (SSSR count). The molecular formula is C21H24N4O3. The van der Waals surface area contributed by atoms with E-state index < -0.39 is 10.9 Å². The lowest BCUT2D eigenvalue weighted by atomic mass is 10.0. The predicted molar refractivity (Wildman–Crippen MR) is 111 cm³/mol. The number of anilines is 2. The van der Waals surface area contributed by atoms with Gasteiger partial charge < -0.3 is 20.3 Å². The molecule has 1 unspecified atom stereocenters.